The average Bonchev–Trinajstić information content (AvgIpc) is 3.07. The van der Waals surface area contributed by atoms with E-state index in [1.54, 1.807) is 19.3 Å². The van der Waals surface area contributed by atoms with Crippen molar-refractivity contribution in [2.45, 2.75) is 26.3 Å². The summed E-state index contributed by atoms with van der Waals surface area (Å²) in [5, 5.41) is 2.73. The molecule has 0 fully saturated rings. The monoisotopic (exact) mass is 456 g/mol. The molecule has 0 aromatic carbocycles. The molecule has 21 heavy (non-hydrogen) atoms. The van der Waals surface area contributed by atoms with Crippen molar-refractivity contribution in [2.24, 2.45) is 0 Å². The van der Waals surface area contributed by atoms with E-state index in [0.29, 0.717) is 18.2 Å². The number of carbonyl (C=O) groups is 1. The van der Waals surface area contributed by atoms with Crippen LogP contribution >= 0.6 is 0 Å². The molecule has 0 saturated heterocycles. The predicted octanol–water partition coefficient (Wildman–Crippen LogP) is 2.40. The summed E-state index contributed by atoms with van der Waals surface area (Å²) in [4.78, 5) is 19.5. The fraction of sp³-hybridized carbons (Fsp3) is 0.333. The first kappa shape index (κ1) is 17.7. The van der Waals surface area contributed by atoms with Crippen molar-refractivity contribution in [3.05, 3.63) is 43.7 Å². The molecule has 1 aliphatic rings. The number of hydrogen-bond donors (Lipinski definition) is 2. The minimum Gasteiger partial charge on any atom is -0.382 e. The van der Waals surface area contributed by atoms with E-state index in [1.165, 1.54) is 0 Å². The Morgan fingerprint density at radius 1 is 1.57 bits per heavy atom. The number of hydrogen-bond acceptors (Lipinski definition) is 2. The summed E-state index contributed by atoms with van der Waals surface area (Å²) in [5.74, 6) is 0.755. The van der Waals surface area contributed by atoms with Gasteiger partial charge in [0.1, 0.15) is 5.82 Å². The van der Waals surface area contributed by atoms with E-state index >= 15 is 0 Å². The normalized spacial score (nSPS) is 15.0. The third-order valence-electron chi connectivity index (χ3n) is 3.36. The average molecular weight is 456 g/mol. The zero-order chi connectivity index (χ0) is 14.7. The number of nitrogens with zero attached hydrogens (tertiary/aromatic N) is 2. The summed E-state index contributed by atoms with van der Waals surface area (Å²) < 4.78 is 2.11. The Morgan fingerprint density at radius 2 is 2.29 bits per heavy atom. The molecule has 1 atom stereocenters. The first-order valence-electron chi connectivity index (χ1n) is 6.74. The molecule has 1 aliphatic heterocycles. The summed E-state index contributed by atoms with van der Waals surface area (Å²) in [7, 11) is 0. The molecule has 6 heteroatoms. The van der Waals surface area contributed by atoms with Crippen LogP contribution in [0.25, 0.3) is 11.4 Å². The number of amides is 1. The van der Waals surface area contributed by atoms with Gasteiger partial charge in [0.15, 0.2) is 0 Å². The van der Waals surface area contributed by atoms with Gasteiger partial charge in [-0.15, -0.1) is 6.54 Å². The van der Waals surface area contributed by atoms with E-state index in [4.69, 9.17) is 0 Å². The zero-order valence-corrected chi connectivity index (χ0v) is 15.3. The van der Waals surface area contributed by atoms with E-state index in [0.717, 1.165) is 23.5 Å². The van der Waals surface area contributed by atoms with Crippen molar-refractivity contribution in [2.75, 3.05) is 6.54 Å². The first-order valence-corrected chi connectivity index (χ1v) is 6.74. The van der Waals surface area contributed by atoms with Crippen molar-refractivity contribution in [3.8, 4) is 11.4 Å². The molecule has 2 aromatic rings. The van der Waals surface area contributed by atoms with Crippen LogP contribution in [-0.2, 0) is 27.5 Å². The Labute approximate surface area is 139 Å². The number of carbonyl (C=O) groups excluding carboxylic acids is 1. The molecule has 0 spiro atoms. The molecule has 0 aliphatic carbocycles. The Bertz CT molecular complexity index is 603. The second-order valence-electron chi connectivity index (χ2n) is 4.52. The summed E-state index contributed by atoms with van der Waals surface area (Å²) in [5.41, 5.74) is 2.65. The molecule has 1 amide bonds. The summed E-state index contributed by atoms with van der Waals surface area (Å²) in [6.45, 7) is 11.2. The number of nitrogens with one attached hydrogen (secondary N) is 2. The SMILES string of the molecule is [CH2-]C.[CH2-]CNC(=O)c1c[nH]c2c1-c1nccn1[C@H](C)C2.[W+2]. The minimum atomic E-state index is -0.105. The Kier molecular flexibility index (Phi) is 6.40. The fourth-order valence-corrected chi connectivity index (χ4v) is 2.53. The van der Waals surface area contributed by atoms with E-state index in [2.05, 4.69) is 40.6 Å². The first-order chi connectivity index (χ1) is 9.72. The molecule has 2 aromatic heterocycles. The maximum atomic E-state index is 12.0. The molecule has 5 nitrogen and oxygen atoms in total. The van der Waals surface area contributed by atoms with E-state index in [-0.39, 0.29) is 27.0 Å². The van der Waals surface area contributed by atoms with Crippen molar-refractivity contribution >= 4 is 5.91 Å². The van der Waals surface area contributed by atoms with Crippen LogP contribution in [0.15, 0.2) is 18.6 Å². The van der Waals surface area contributed by atoms with Gasteiger partial charge in [0.05, 0.1) is 11.1 Å². The van der Waals surface area contributed by atoms with Crippen LogP contribution in [0.3, 0.4) is 0 Å². The number of rotatable bonds is 2. The number of aromatic nitrogens is 3. The van der Waals surface area contributed by atoms with Crippen LogP contribution in [0.4, 0.5) is 0 Å². The van der Waals surface area contributed by atoms with E-state index < -0.39 is 0 Å². The van der Waals surface area contributed by atoms with Gasteiger partial charge >= 0.3 is 21.1 Å². The van der Waals surface area contributed by atoms with Crippen molar-refractivity contribution in [1.29, 1.82) is 0 Å². The maximum Gasteiger partial charge on any atom is 2.00 e. The third-order valence-corrected chi connectivity index (χ3v) is 3.36. The standard InChI is InChI=1S/C13H15N4O.C2H5.W/c1-3-14-13(18)9-7-16-10-6-8(2)17-5-4-15-12(17)11(9)10;1-2;/h4-5,7-8,16H,1,3,6H2,2H3,(H,14,18);1H2,2H3;/q2*-1;+2/t8-;;/m1../s1. The molecule has 0 bridgehead atoms. The van der Waals surface area contributed by atoms with E-state index in [1.807, 2.05) is 6.20 Å². The molecule has 0 saturated carbocycles. The van der Waals surface area contributed by atoms with Gasteiger partial charge < -0.3 is 28.7 Å². The van der Waals surface area contributed by atoms with Gasteiger partial charge in [0.25, 0.3) is 5.91 Å². The van der Waals surface area contributed by atoms with Gasteiger partial charge in [-0.3, -0.25) is 4.79 Å². The van der Waals surface area contributed by atoms with Gasteiger partial charge in [-0.05, 0) is 6.92 Å². The van der Waals surface area contributed by atoms with Crippen LogP contribution in [0.1, 0.15) is 35.9 Å². The molecule has 3 heterocycles. The topological polar surface area (TPSA) is 62.7 Å². The van der Waals surface area contributed by atoms with Crippen LogP contribution in [-0.4, -0.2) is 27.0 Å². The van der Waals surface area contributed by atoms with Crippen LogP contribution in [0, 0.1) is 13.8 Å². The zero-order valence-electron chi connectivity index (χ0n) is 12.3. The fourth-order valence-electron chi connectivity index (χ4n) is 2.53. The smallest absolute Gasteiger partial charge is 0.382 e. The van der Waals surface area contributed by atoms with Crippen molar-refractivity contribution in [3.63, 3.8) is 0 Å². The molecule has 2 N–H and O–H groups in total. The number of aromatic amines is 1. The molecular formula is C15H20N4OW. The largest absolute Gasteiger partial charge is 2.00 e. The van der Waals surface area contributed by atoms with Gasteiger partial charge in [-0.2, -0.15) is 6.92 Å². The van der Waals surface area contributed by atoms with Gasteiger partial charge in [-0.25, -0.2) is 4.98 Å². The Morgan fingerprint density at radius 3 is 2.95 bits per heavy atom. The predicted molar refractivity (Wildman–Crippen MR) is 79.1 cm³/mol. The summed E-state index contributed by atoms with van der Waals surface area (Å²) >= 11 is 0. The molecule has 112 valence electrons. The van der Waals surface area contributed by atoms with Crippen LogP contribution in [0.2, 0.25) is 0 Å². The molecule has 3 rings (SSSR count). The molecule has 0 radical (unpaired) electrons. The summed E-state index contributed by atoms with van der Waals surface area (Å²) in [6.07, 6.45) is 6.37. The Balaban J connectivity index is 0.000000706. The van der Waals surface area contributed by atoms with Crippen molar-refractivity contribution in [1.82, 2.24) is 19.9 Å². The number of imidazole rings is 1. The minimum absolute atomic E-state index is 0. The number of fused-ring (bicyclic) bond motifs is 3. The quantitative estimate of drug-likeness (QED) is 0.683. The second-order valence-corrected chi connectivity index (χ2v) is 4.52. The summed E-state index contributed by atoms with van der Waals surface area (Å²) in [6, 6.07) is 0.359. The molecular weight excluding hydrogens is 436 g/mol. The van der Waals surface area contributed by atoms with Gasteiger partial charge in [0, 0.05) is 36.7 Å². The van der Waals surface area contributed by atoms with Crippen LogP contribution in [0.5, 0.6) is 0 Å². The maximum absolute atomic E-state index is 12.0. The third kappa shape index (κ3) is 3.13. The van der Waals surface area contributed by atoms with Crippen LogP contribution < -0.4 is 5.32 Å². The molecule has 0 unspecified atom stereocenters. The van der Waals surface area contributed by atoms with E-state index in [9.17, 15) is 4.79 Å². The van der Waals surface area contributed by atoms with Crippen molar-refractivity contribution < 1.29 is 25.9 Å². The van der Waals surface area contributed by atoms with Gasteiger partial charge in [-0.1, -0.05) is 0 Å². The Hall–Kier alpha value is -1.35. The second kappa shape index (κ2) is 7.60. The van der Waals surface area contributed by atoms with Gasteiger partial charge in [0.2, 0.25) is 0 Å². The number of H-pyrrole nitrogens is 1.